The van der Waals surface area contributed by atoms with Gasteiger partial charge >= 0.3 is 0 Å². The highest BCUT2D eigenvalue weighted by Gasteiger charge is 2.12. The Bertz CT molecular complexity index is 384. The Morgan fingerprint density at radius 1 is 1.32 bits per heavy atom. The fourth-order valence-corrected chi connectivity index (χ4v) is 2.91. The van der Waals surface area contributed by atoms with Crippen molar-refractivity contribution in [2.45, 2.75) is 37.5 Å². The fourth-order valence-electron chi connectivity index (χ4n) is 1.52. The summed E-state index contributed by atoms with van der Waals surface area (Å²) >= 11 is 8.01. The van der Waals surface area contributed by atoms with Gasteiger partial charge in [-0.15, -0.1) is 11.8 Å². The van der Waals surface area contributed by atoms with Crippen LogP contribution in [0.1, 0.15) is 26.3 Å². The number of ether oxygens (including phenoxy) is 1. The standard InChI is InChI=1S/C15H24ClNOS/c1-11(2)12(3)19-15-9-14(16)6-5-13(15)10-17-7-8-18-4/h5-6,9,11-12,17H,7-8,10H2,1-4H3. The maximum Gasteiger partial charge on any atom is 0.0587 e. The van der Waals surface area contributed by atoms with Gasteiger partial charge in [0, 0.05) is 35.4 Å². The minimum atomic E-state index is 0.580. The molecule has 4 heteroatoms. The number of hydrogen-bond donors (Lipinski definition) is 1. The van der Waals surface area contributed by atoms with Gasteiger partial charge in [0.1, 0.15) is 0 Å². The summed E-state index contributed by atoms with van der Waals surface area (Å²) < 4.78 is 5.04. The van der Waals surface area contributed by atoms with Crippen molar-refractivity contribution in [3.05, 3.63) is 28.8 Å². The molecule has 0 saturated carbocycles. The first kappa shape index (κ1) is 16.8. The lowest BCUT2D eigenvalue weighted by Crippen LogP contribution is -2.19. The van der Waals surface area contributed by atoms with Gasteiger partial charge < -0.3 is 10.1 Å². The monoisotopic (exact) mass is 301 g/mol. The van der Waals surface area contributed by atoms with Crippen LogP contribution >= 0.6 is 23.4 Å². The number of hydrogen-bond acceptors (Lipinski definition) is 3. The van der Waals surface area contributed by atoms with Crippen LogP contribution in [0.4, 0.5) is 0 Å². The largest absolute Gasteiger partial charge is 0.383 e. The number of halogens is 1. The molecular weight excluding hydrogens is 278 g/mol. The summed E-state index contributed by atoms with van der Waals surface area (Å²) in [6.07, 6.45) is 0. The predicted molar refractivity (Wildman–Crippen MR) is 85.2 cm³/mol. The van der Waals surface area contributed by atoms with Crippen molar-refractivity contribution in [2.24, 2.45) is 5.92 Å². The smallest absolute Gasteiger partial charge is 0.0587 e. The highest BCUT2D eigenvalue weighted by Crippen LogP contribution is 2.32. The first-order valence-corrected chi connectivity index (χ1v) is 7.95. The topological polar surface area (TPSA) is 21.3 Å². The van der Waals surface area contributed by atoms with Crippen LogP contribution in [0.3, 0.4) is 0 Å². The highest BCUT2D eigenvalue weighted by atomic mass is 35.5. The molecular formula is C15H24ClNOS. The van der Waals surface area contributed by atoms with Gasteiger partial charge in [-0.1, -0.05) is 38.4 Å². The maximum absolute atomic E-state index is 6.11. The van der Waals surface area contributed by atoms with E-state index in [9.17, 15) is 0 Å². The molecule has 1 aromatic rings. The van der Waals surface area contributed by atoms with Crippen molar-refractivity contribution in [1.29, 1.82) is 0 Å². The zero-order chi connectivity index (χ0) is 14.3. The molecule has 108 valence electrons. The molecule has 0 fully saturated rings. The Morgan fingerprint density at radius 2 is 2.05 bits per heavy atom. The molecule has 0 amide bonds. The Balaban J connectivity index is 2.68. The van der Waals surface area contributed by atoms with E-state index in [2.05, 4.69) is 38.2 Å². The summed E-state index contributed by atoms with van der Waals surface area (Å²) in [5, 5.41) is 4.77. The minimum absolute atomic E-state index is 0.580. The summed E-state index contributed by atoms with van der Waals surface area (Å²) in [7, 11) is 1.72. The molecule has 0 bridgehead atoms. The van der Waals surface area contributed by atoms with E-state index < -0.39 is 0 Å². The van der Waals surface area contributed by atoms with Crippen LogP contribution in [0.25, 0.3) is 0 Å². The third-order valence-corrected chi connectivity index (χ3v) is 4.86. The van der Waals surface area contributed by atoms with Gasteiger partial charge in [0.05, 0.1) is 6.61 Å². The molecule has 0 aliphatic heterocycles. The average Bonchev–Trinajstić information content (AvgIpc) is 2.36. The number of rotatable bonds is 8. The molecule has 0 aliphatic carbocycles. The van der Waals surface area contributed by atoms with Crippen LogP contribution in [0.5, 0.6) is 0 Å². The first-order valence-electron chi connectivity index (χ1n) is 6.69. The second-order valence-electron chi connectivity index (χ2n) is 4.99. The van der Waals surface area contributed by atoms with Crippen LogP contribution in [0.15, 0.2) is 23.1 Å². The molecule has 0 aliphatic rings. The van der Waals surface area contributed by atoms with E-state index in [1.807, 2.05) is 17.8 Å². The SMILES string of the molecule is COCCNCc1ccc(Cl)cc1SC(C)C(C)C. The molecule has 1 unspecified atom stereocenters. The molecule has 19 heavy (non-hydrogen) atoms. The molecule has 1 rings (SSSR count). The highest BCUT2D eigenvalue weighted by molar-refractivity contribution is 8.00. The average molecular weight is 302 g/mol. The Labute approximate surface area is 126 Å². The molecule has 0 saturated heterocycles. The van der Waals surface area contributed by atoms with Crippen LogP contribution in [-0.4, -0.2) is 25.5 Å². The lowest BCUT2D eigenvalue weighted by atomic mass is 10.2. The summed E-state index contributed by atoms with van der Waals surface area (Å²) in [4.78, 5) is 1.28. The third kappa shape index (κ3) is 6.17. The van der Waals surface area contributed by atoms with E-state index in [0.29, 0.717) is 11.2 Å². The van der Waals surface area contributed by atoms with Crippen molar-refractivity contribution in [3.8, 4) is 0 Å². The summed E-state index contributed by atoms with van der Waals surface area (Å²) in [6, 6.07) is 6.13. The van der Waals surface area contributed by atoms with E-state index in [0.717, 1.165) is 24.7 Å². The van der Waals surface area contributed by atoms with Crippen LogP contribution < -0.4 is 5.32 Å². The van der Waals surface area contributed by atoms with Gasteiger partial charge in [-0.25, -0.2) is 0 Å². The second kappa shape index (κ2) is 8.85. The fraction of sp³-hybridized carbons (Fsp3) is 0.600. The zero-order valence-corrected chi connectivity index (χ0v) is 13.8. The normalized spacial score (nSPS) is 12.9. The van der Waals surface area contributed by atoms with Crippen molar-refractivity contribution in [1.82, 2.24) is 5.32 Å². The van der Waals surface area contributed by atoms with Crippen molar-refractivity contribution >= 4 is 23.4 Å². The number of benzene rings is 1. The van der Waals surface area contributed by atoms with Crippen molar-refractivity contribution in [3.63, 3.8) is 0 Å². The molecule has 1 N–H and O–H groups in total. The Kier molecular flexibility index (Phi) is 7.84. The van der Waals surface area contributed by atoms with E-state index in [4.69, 9.17) is 16.3 Å². The quantitative estimate of drug-likeness (QED) is 0.574. The predicted octanol–water partition coefficient (Wildman–Crippen LogP) is 4.21. The van der Waals surface area contributed by atoms with Gasteiger partial charge in [-0.3, -0.25) is 0 Å². The molecule has 2 nitrogen and oxygen atoms in total. The molecule has 1 atom stereocenters. The van der Waals surface area contributed by atoms with E-state index >= 15 is 0 Å². The third-order valence-electron chi connectivity index (χ3n) is 3.08. The summed E-state index contributed by atoms with van der Waals surface area (Å²) in [6.45, 7) is 9.21. The number of methoxy groups -OCH3 is 1. The van der Waals surface area contributed by atoms with Crippen LogP contribution in [-0.2, 0) is 11.3 Å². The molecule has 0 spiro atoms. The van der Waals surface area contributed by atoms with Crippen molar-refractivity contribution < 1.29 is 4.74 Å². The maximum atomic E-state index is 6.11. The van der Waals surface area contributed by atoms with Gasteiger partial charge in [0.15, 0.2) is 0 Å². The molecule has 0 heterocycles. The van der Waals surface area contributed by atoms with Gasteiger partial charge in [-0.05, 0) is 23.6 Å². The Hall–Kier alpha value is -0.220. The van der Waals surface area contributed by atoms with E-state index in [-0.39, 0.29) is 0 Å². The molecule has 0 radical (unpaired) electrons. The van der Waals surface area contributed by atoms with E-state index in [1.54, 1.807) is 7.11 Å². The molecule has 0 aromatic heterocycles. The lowest BCUT2D eigenvalue weighted by Gasteiger charge is -2.18. The number of thioether (sulfide) groups is 1. The van der Waals surface area contributed by atoms with E-state index in [1.165, 1.54) is 10.5 Å². The summed E-state index contributed by atoms with van der Waals surface area (Å²) in [5.74, 6) is 0.651. The van der Waals surface area contributed by atoms with Gasteiger partial charge in [0.25, 0.3) is 0 Å². The number of nitrogens with one attached hydrogen (secondary N) is 1. The van der Waals surface area contributed by atoms with Crippen LogP contribution in [0.2, 0.25) is 5.02 Å². The van der Waals surface area contributed by atoms with Crippen molar-refractivity contribution in [2.75, 3.05) is 20.3 Å². The zero-order valence-electron chi connectivity index (χ0n) is 12.2. The molecule has 1 aromatic carbocycles. The van der Waals surface area contributed by atoms with Crippen LogP contribution in [0, 0.1) is 5.92 Å². The first-order chi connectivity index (χ1) is 9.04. The lowest BCUT2D eigenvalue weighted by molar-refractivity contribution is 0.199. The Morgan fingerprint density at radius 3 is 2.68 bits per heavy atom. The van der Waals surface area contributed by atoms with Gasteiger partial charge in [-0.2, -0.15) is 0 Å². The summed E-state index contributed by atoms with van der Waals surface area (Å²) in [5.41, 5.74) is 1.30. The minimum Gasteiger partial charge on any atom is -0.383 e. The second-order valence-corrected chi connectivity index (χ2v) is 6.84. The van der Waals surface area contributed by atoms with Gasteiger partial charge in [0.2, 0.25) is 0 Å².